The molecule has 1 aliphatic rings. The summed E-state index contributed by atoms with van der Waals surface area (Å²) in [4.78, 5) is 2.48. The van der Waals surface area contributed by atoms with E-state index in [1.54, 1.807) is 0 Å². The normalized spacial score (nSPS) is 20.9. The Balaban J connectivity index is 1.74. The highest BCUT2D eigenvalue weighted by atomic mass is 32.2. The molecule has 1 aromatic carbocycles. The molecule has 1 saturated heterocycles. The highest BCUT2D eigenvalue weighted by Gasteiger charge is 2.15. The van der Waals surface area contributed by atoms with Crippen molar-refractivity contribution in [1.82, 2.24) is 4.90 Å². The Morgan fingerprint density at radius 3 is 3.17 bits per heavy atom. The van der Waals surface area contributed by atoms with E-state index in [9.17, 15) is 0 Å². The number of ether oxygens (including phenoxy) is 1. The Hall–Kier alpha value is -0.710. The van der Waals surface area contributed by atoms with Crippen molar-refractivity contribution >= 4 is 11.8 Å². The van der Waals surface area contributed by atoms with Crippen LogP contribution in [0.3, 0.4) is 0 Å². The van der Waals surface area contributed by atoms with Crippen LogP contribution in [0, 0.1) is 0 Å². The van der Waals surface area contributed by atoms with E-state index in [0.29, 0.717) is 6.54 Å². The number of nitrogens with zero attached hydrogens (tertiary/aromatic N) is 1. The van der Waals surface area contributed by atoms with Crippen LogP contribution in [0.1, 0.15) is 12.5 Å². The molecule has 4 heteroatoms. The van der Waals surface area contributed by atoms with Crippen molar-refractivity contribution in [3.8, 4) is 5.75 Å². The van der Waals surface area contributed by atoms with E-state index in [2.05, 4.69) is 23.6 Å². The fourth-order valence-electron chi connectivity index (χ4n) is 2.15. The van der Waals surface area contributed by atoms with Gasteiger partial charge in [0, 0.05) is 37.2 Å². The van der Waals surface area contributed by atoms with Crippen LogP contribution in [0.5, 0.6) is 5.75 Å². The third kappa shape index (κ3) is 4.19. The van der Waals surface area contributed by atoms with Gasteiger partial charge < -0.3 is 10.5 Å². The number of thioether (sulfide) groups is 1. The molecule has 3 nitrogen and oxygen atoms in total. The van der Waals surface area contributed by atoms with E-state index < -0.39 is 0 Å². The molecule has 1 heterocycles. The second kappa shape index (κ2) is 7.02. The zero-order valence-corrected chi connectivity index (χ0v) is 11.8. The average molecular weight is 266 g/mol. The Labute approximate surface area is 114 Å². The van der Waals surface area contributed by atoms with E-state index in [-0.39, 0.29) is 0 Å². The minimum Gasteiger partial charge on any atom is -0.492 e. The highest BCUT2D eigenvalue weighted by molar-refractivity contribution is 7.99. The molecule has 1 atom stereocenters. The number of benzene rings is 1. The fraction of sp³-hybridized carbons (Fsp3) is 0.571. The molecule has 0 spiro atoms. The van der Waals surface area contributed by atoms with Crippen molar-refractivity contribution in [3.05, 3.63) is 29.8 Å². The molecule has 1 fully saturated rings. The number of hydrogen-bond donors (Lipinski definition) is 1. The van der Waals surface area contributed by atoms with Crippen molar-refractivity contribution in [1.29, 1.82) is 0 Å². The molecule has 100 valence electrons. The lowest BCUT2D eigenvalue weighted by atomic mass is 10.2. The van der Waals surface area contributed by atoms with Gasteiger partial charge in [-0.2, -0.15) is 11.8 Å². The van der Waals surface area contributed by atoms with Crippen molar-refractivity contribution in [2.45, 2.75) is 18.7 Å². The molecule has 0 radical (unpaired) electrons. The molecule has 0 bridgehead atoms. The standard InChI is InChI=1S/C14H22N2OS/c1-12-11-16(6-8-18-12)5-7-17-14-4-2-3-13(9-14)10-15/h2-4,9,12H,5-8,10-11,15H2,1H3. The van der Waals surface area contributed by atoms with Crippen molar-refractivity contribution < 1.29 is 4.74 Å². The molecule has 2 N–H and O–H groups in total. The number of nitrogens with two attached hydrogens (primary N) is 1. The van der Waals surface area contributed by atoms with Gasteiger partial charge in [-0.3, -0.25) is 4.90 Å². The van der Waals surface area contributed by atoms with Gasteiger partial charge in [-0.05, 0) is 17.7 Å². The lowest BCUT2D eigenvalue weighted by molar-refractivity contribution is 0.215. The molecular formula is C14H22N2OS. The maximum Gasteiger partial charge on any atom is 0.119 e. The molecule has 2 rings (SSSR count). The Kier molecular flexibility index (Phi) is 5.35. The van der Waals surface area contributed by atoms with Crippen LogP contribution in [-0.2, 0) is 6.54 Å². The Bertz CT molecular complexity index is 373. The van der Waals surface area contributed by atoms with Gasteiger partial charge in [0.1, 0.15) is 12.4 Å². The number of rotatable bonds is 5. The molecule has 0 saturated carbocycles. The van der Waals surface area contributed by atoms with Gasteiger partial charge in [-0.15, -0.1) is 0 Å². The number of hydrogen-bond acceptors (Lipinski definition) is 4. The molecule has 18 heavy (non-hydrogen) atoms. The molecule has 0 aliphatic carbocycles. The van der Waals surface area contributed by atoms with Crippen LogP contribution in [0.4, 0.5) is 0 Å². The summed E-state index contributed by atoms with van der Waals surface area (Å²) in [6.45, 7) is 6.99. The van der Waals surface area contributed by atoms with Gasteiger partial charge in [0.2, 0.25) is 0 Å². The summed E-state index contributed by atoms with van der Waals surface area (Å²) in [7, 11) is 0. The largest absolute Gasteiger partial charge is 0.492 e. The third-order valence-corrected chi connectivity index (χ3v) is 4.27. The Morgan fingerprint density at radius 1 is 1.50 bits per heavy atom. The van der Waals surface area contributed by atoms with Gasteiger partial charge >= 0.3 is 0 Å². The maximum absolute atomic E-state index is 5.78. The van der Waals surface area contributed by atoms with E-state index in [1.165, 1.54) is 18.8 Å². The maximum atomic E-state index is 5.78. The quantitative estimate of drug-likeness (QED) is 0.884. The van der Waals surface area contributed by atoms with Gasteiger partial charge in [0.05, 0.1) is 0 Å². The van der Waals surface area contributed by atoms with Crippen LogP contribution >= 0.6 is 11.8 Å². The van der Waals surface area contributed by atoms with Crippen LogP contribution in [0.25, 0.3) is 0 Å². The summed E-state index contributed by atoms with van der Waals surface area (Å²) in [5.74, 6) is 2.17. The summed E-state index contributed by atoms with van der Waals surface area (Å²) in [6.07, 6.45) is 0. The van der Waals surface area contributed by atoms with Gasteiger partial charge in [-0.1, -0.05) is 19.1 Å². The summed E-state index contributed by atoms with van der Waals surface area (Å²) < 4.78 is 5.78. The lowest BCUT2D eigenvalue weighted by Crippen LogP contribution is -2.39. The van der Waals surface area contributed by atoms with Gasteiger partial charge in [0.15, 0.2) is 0 Å². The fourth-order valence-corrected chi connectivity index (χ4v) is 3.23. The van der Waals surface area contributed by atoms with E-state index in [0.717, 1.165) is 29.7 Å². The minimum absolute atomic E-state index is 0.568. The Morgan fingerprint density at radius 2 is 2.39 bits per heavy atom. The summed E-state index contributed by atoms with van der Waals surface area (Å²) in [6, 6.07) is 8.04. The molecular weight excluding hydrogens is 244 g/mol. The summed E-state index contributed by atoms with van der Waals surface area (Å²) >= 11 is 2.06. The molecule has 0 aromatic heterocycles. The molecule has 1 unspecified atom stereocenters. The predicted octanol–water partition coefficient (Wildman–Crippen LogP) is 1.96. The first-order chi connectivity index (χ1) is 8.78. The van der Waals surface area contributed by atoms with E-state index in [4.69, 9.17) is 10.5 Å². The van der Waals surface area contributed by atoms with Crippen LogP contribution in [-0.4, -0.2) is 42.1 Å². The van der Waals surface area contributed by atoms with Crippen LogP contribution in [0.2, 0.25) is 0 Å². The third-order valence-electron chi connectivity index (χ3n) is 3.14. The lowest BCUT2D eigenvalue weighted by Gasteiger charge is -2.30. The monoisotopic (exact) mass is 266 g/mol. The van der Waals surface area contributed by atoms with Crippen LogP contribution < -0.4 is 10.5 Å². The van der Waals surface area contributed by atoms with Crippen molar-refractivity contribution in [3.63, 3.8) is 0 Å². The van der Waals surface area contributed by atoms with Crippen LogP contribution in [0.15, 0.2) is 24.3 Å². The molecule has 1 aliphatic heterocycles. The minimum atomic E-state index is 0.568. The zero-order valence-electron chi connectivity index (χ0n) is 11.0. The highest BCUT2D eigenvalue weighted by Crippen LogP contribution is 2.17. The summed E-state index contributed by atoms with van der Waals surface area (Å²) in [5.41, 5.74) is 6.73. The van der Waals surface area contributed by atoms with Gasteiger partial charge in [-0.25, -0.2) is 0 Å². The van der Waals surface area contributed by atoms with E-state index >= 15 is 0 Å². The second-order valence-electron chi connectivity index (χ2n) is 4.68. The average Bonchev–Trinajstić information content (AvgIpc) is 2.39. The first-order valence-corrected chi connectivity index (χ1v) is 7.58. The van der Waals surface area contributed by atoms with E-state index in [1.807, 2.05) is 24.3 Å². The van der Waals surface area contributed by atoms with Crippen molar-refractivity contribution in [2.24, 2.45) is 5.73 Å². The topological polar surface area (TPSA) is 38.5 Å². The van der Waals surface area contributed by atoms with Gasteiger partial charge in [0.25, 0.3) is 0 Å². The SMILES string of the molecule is CC1CN(CCOc2cccc(CN)c2)CCS1. The predicted molar refractivity (Wildman–Crippen MR) is 78.2 cm³/mol. The second-order valence-corrected chi connectivity index (χ2v) is 6.23. The first-order valence-electron chi connectivity index (χ1n) is 6.53. The smallest absolute Gasteiger partial charge is 0.119 e. The first kappa shape index (κ1) is 13.7. The molecule has 0 amide bonds. The summed E-state index contributed by atoms with van der Waals surface area (Å²) in [5, 5.41) is 0.749. The van der Waals surface area contributed by atoms with Crippen molar-refractivity contribution in [2.75, 3.05) is 32.0 Å². The zero-order chi connectivity index (χ0) is 12.8. The molecule has 1 aromatic rings.